The smallest absolute Gasteiger partial charge is 0.350 e. The van der Waals surface area contributed by atoms with Gasteiger partial charge in [-0.15, -0.1) is 0 Å². The van der Waals surface area contributed by atoms with E-state index in [1.165, 1.54) is 0 Å². The van der Waals surface area contributed by atoms with E-state index in [4.69, 9.17) is 4.74 Å². The van der Waals surface area contributed by atoms with Gasteiger partial charge in [0.15, 0.2) is 10.8 Å². The van der Waals surface area contributed by atoms with Gasteiger partial charge in [-0.3, -0.25) is 10.1 Å². The maximum Gasteiger partial charge on any atom is 0.350 e. The molecular formula is C20H17N5O3S. The van der Waals surface area contributed by atoms with Crippen LogP contribution < -0.4 is 5.32 Å². The first kappa shape index (κ1) is 18.8. The van der Waals surface area contributed by atoms with Gasteiger partial charge in [-0.1, -0.05) is 41.7 Å². The van der Waals surface area contributed by atoms with Gasteiger partial charge in [-0.05, 0) is 19.9 Å². The molecule has 0 aliphatic heterocycles. The number of nitrogens with one attached hydrogen (secondary N) is 1. The van der Waals surface area contributed by atoms with E-state index < -0.39 is 5.97 Å². The van der Waals surface area contributed by atoms with Crippen molar-refractivity contribution in [3.63, 3.8) is 0 Å². The number of carbonyl (C=O) groups is 2. The molecule has 9 heteroatoms. The number of carbonyl (C=O) groups excluding carboxylic acids is 2. The molecule has 0 spiro atoms. The van der Waals surface area contributed by atoms with Crippen molar-refractivity contribution in [3.05, 3.63) is 64.9 Å². The Labute approximate surface area is 170 Å². The molecular weight excluding hydrogens is 390 g/mol. The van der Waals surface area contributed by atoms with Crippen LogP contribution in [0.1, 0.15) is 32.6 Å². The van der Waals surface area contributed by atoms with Gasteiger partial charge in [-0.25, -0.2) is 19.3 Å². The number of aromatic nitrogens is 4. The van der Waals surface area contributed by atoms with Crippen molar-refractivity contribution < 1.29 is 14.3 Å². The molecule has 0 radical (unpaired) electrons. The molecule has 1 N–H and O–H groups in total. The van der Waals surface area contributed by atoms with E-state index in [0.29, 0.717) is 32.6 Å². The Morgan fingerprint density at radius 2 is 2.00 bits per heavy atom. The zero-order valence-corrected chi connectivity index (χ0v) is 16.6. The van der Waals surface area contributed by atoms with Crippen LogP contribution in [0.15, 0.2) is 48.8 Å². The minimum Gasteiger partial charge on any atom is -0.462 e. The van der Waals surface area contributed by atoms with E-state index in [2.05, 4.69) is 20.4 Å². The number of anilines is 1. The molecule has 3 heterocycles. The second kappa shape index (κ2) is 7.80. The van der Waals surface area contributed by atoms with Crippen LogP contribution in [-0.4, -0.2) is 38.1 Å². The lowest BCUT2D eigenvalue weighted by Gasteiger charge is -2.01. The topological polar surface area (TPSA) is 98.5 Å². The number of rotatable bonds is 5. The van der Waals surface area contributed by atoms with Crippen LogP contribution in [0.3, 0.4) is 0 Å². The monoisotopic (exact) mass is 407 g/mol. The molecule has 0 unspecified atom stereocenters. The molecule has 0 aliphatic carbocycles. The third-order valence-corrected chi connectivity index (χ3v) is 5.10. The SMILES string of the molecule is CCOC(=O)c1sc(NC(=O)c2c(C)nn3cccnc23)nc1-c1ccccc1. The van der Waals surface area contributed by atoms with Crippen LogP contribution in [0.5, 0.6) is 0 Å². The fourth-order valence-electron chi connectivity index (χ4n) is 2.92. The molecule has 146 valence electrons. The number of hydrogen-bond acceptors (Lipinski definition) is 7. The Morgan fingerprint density at radius 3 is 2.76 bits per heavy atom. The van der Waals surface area contributed by atoms with Gasteiger partial charge < -0.3 is 4.74 Å². The molecule has 0 saturated heterocycles. The minimum atomic E-state index is -0.474. The van der Waals surface area contributed by atoms with E-state index in [1.54, 1.807) is 36.8 Å². The summed E-state index contributed by atoms with van der Waals surface area (Å²) >= 11 is 1.07. The molecule has 0 fully saturated rings. The van der Waals surface area contributed by atoms with Gasteiger partial charge in [-0.2, -0.15) is 5.10 Å². The molecule has 1 amide bonds. The summed E-state index contributed by atoms with van der Waals surface area (Å²) in [7, 11) is 0. The average molecular weight is 407 g/mol. The van der Waals surface area contributed by atoms with Crippen molar-refractivity contribution in [1.29, 1.82) is 0 Å². The van der Waals surface area contributed by atoms with Gasteiger partial charge in [0.05, 0.1) is 18.0 Å². The van der Waals surface area contributed by atoms with Crippen LogP contribution in [0.2, 0.25) is 0 Å². The van der Waals surface area contributed by atoms with Crippen molar-refractivity contribution >= 4 is 34.0 Å². The van der Waals surface area contributed by atoms with Gasteiger partial charge in [0, 0.05) is 18.0 Å². The second-order valence-electron chi connectivity index (χ2n) is 6.09. The molecule has 8 nitrogen and oxygen atoms in total. The van der Waals surface area contributed by atoms with E-state index in [9.17, 15) is 9.59 Å². The highest BCUT2D eigenvalue weighted by molar-refractivity contribution is 7.18. The summed E-state index contributed by atoms with van der Waals surface area (Å²) in [6.45, 7) is 3.73. The van der Waals surface area contributed by atoms with Crippen molar-refractivity contribution in [3.8, 4) is 11.3 Å². The first-order valence-corrected chi connectivity index (χ1v) is 9.74. The van der Waals surface area contributed by atoms with Gasteiger partial charge >= 0.3 is 5.97 Å². The minimum absolute atomic E-state index is 0.250. The number of nitrogens with zero attached hydrogens (tertiary/aromatic N) is 4. The van der Waals surface area contributed by atoms with Crippen LogP contribution >= 0.6 is 11.3 Å². The normalized spacial score (nSPS) is 10.8. The Morgan fingerprint density at radius 1 is 1.21 bits per heavy atom. The van der Waals surface area contributed by atoms with Gasteiger partial charge in [0.1, 0.15) is 10.4 Å². The van der Waals surface area contributed by atoms with Crippen molar-refractivity contribution in [2.45, 2.75) is 13.8 Å². The molecule has 3 aromatic heterocycles. The number of aryl methyl sites for hydroxylation is 1. The Hall–Kier alpha value is -3.59. The zero-order valence-electron chi connectivity index (χ0n) is 15.7. The first-order valence-electron chi connectivity index (χ1n) is 8.93. The van der Waals surface area contributed by atoms with Gasteiger partial charge in [0.25, 0.3) is 5.91 Å². The summed E-state index contributed by atoms with van der Waals surface area (Å²) in [5, 5.41) is 7.37. The predicted molar refractivity (Wildman–Crippen MR) is 109 cm³/mol. The number of esters is 1. The third kappa shape index (κ3) is 3.59. The number of benzene rings is 1. The van der Waals surface area contributed by atoms with Crippen LogP contribution in [0.4, 0.5) is 5.13 Å². The summed E-state index contributed by atoms with van der Waals surface area (Å²) < 4.78 is 6.70. The Balaban J connectivity index is 1.71. The molecule has 1 aromatic carbocycles. The van der Waals surface area contributed by atoms with Crippen molar-refractivity contribution in [2.24, 2.45) is 0 Å². The highest BCUT2D eigenvalue weighted by atomic mass is 32.1. The molecule has 0 saturated carbocycles. The molecule has 29 heavy (non-hydrogen) atoms. The molecule has 0 bridgehead atoms. The molecule has 4 aromatic rings. The van der Waals surface area contributed by atoms with Crippen molar-refractivity contribution in [1.82, 2.24) is 19.6 Å². The average Bonchev–Trinajstić information content (AvgIpc) is 3.29. The summed E-state index contributed by atoms with van der Waals surface area (Å²) in [5.74, 6) is -0.863. The summed E-state index contributed by atoms with van der Waals surface area (Å²) in [4.78, 5) is 34.4. The molecule has 4 rings (SSSR count). The van der Waals surface area contributed by atoms with Crippen molar-refractivity contribution in [2.75, 3.05) is 11.9 Å². The fourth-order valence-corrected chi connectivity index (χ4v) is 3.80. The lowest BCUT2D eigenvalue weighted by atomic mass is 10.1. The lowest BCUT2D eigenvalue weighted by Crippen LogP contribution is -2.13. The Kier molecular flexibility index (Phi) is 5.05. The number of ether oxygens (including phenoxy) is 1. The zero-order chi connectivity index (χ0) is 20.4. The van der Waals surface area contributed by atoms with Crippen LogP contribution in [0, 0.1) is 6.92 Å². The molecule has 0 atom stereocenters. The maximum atomic E-state index is 12.9. The third-order valence-electron chi connectivity index (χ3n) is 4.15. The maximum absolute atomic E-state index is 12.9. The summed E-state index contributed by atoms with van der Waals surface area (Å²) in [6, 6.07) is 11.0. The van der Waals surface area contributed by atoms with E-state index in [1.807, 2.05) is 30.3 Å². The largest absolute Gasteiger partial charge is 0.462 e. The van der Waals surface area contributed by atoms with Crippen LogP contribution in [-0.2, 0) is 4.74 Å². The highest BCUT2D eigenvalue weighted by Gasteiger charge is 2.24. The van der Waals surface area contributed by atoms with E-state index in [-0.39, 0.29) is 12.5 Å². The predicted octanol–water partition coefficient (Wildman–Crippen LogP) is 3.59. The second-order valence-corrected chi connectivity index (χ2v) is 7.08. The lowest BCUT2D eigenvalue weighted by molar-refractivity contribution is 0.0532. The summed E-state index contributed by atoms with van der Waals surface area (Å²) in [5.41, 5.74) is 2.60. The first-order chi connectivity index (χ1) is 14.1. The standard InChI is InChI=1S/C20H17N5O3S/c1-3-28-19(27)16-15(13-8-5-4-6-9-13)22-20(29-16)23-18(26)14-12(2)24-25-11-7-10-21-17(14)25/h4-11H,3H2,1-2H3,(H,22,23,26). The number of fused-ring (bicyclic) bond motifs is 1. The highest BCUT2D eigenvalue weighted by Crippen LogP contribution is 2.32. The van der Waals surface area contributed by atoms with Gasteiger partial charge in [0.2, 0.25) is 0 Å². The van der Waals surface area contributed by atoms with Crippen LogP contribution in [0.25, 0.3) is 16.9 Å². The number of hydrogen-bond donors (Lipinski definition) is 1. The quantitative estimate of drug-likeness (QED) is 0.508. The van der Waals surface area contributed by atoms with E-state index in [0.717, 1.165) is 16.9 Å². The molecule has 0 aliphatic rings. The summed E-state index contributed by atoms with van der Waals surface area (Å²) in [6.07, 6.45) is 3.32. The number of thiazole rings is 1. The fraction of sp³-hybridized carbons (Fsp3) is 0.150. The number of amides is 1. The Bertz CT molecular complexity index is 1200. The van der Waals surface area contributed by atoms with E-state index >= 15 is 0 Å².